The highest BCUT2D eigenvalue weighted by Gasteiger charge is 2.11. The molecule has 0 amide bonds. The second-order valence-electron chi connectivity index (χ2n) is 4.47. The number of nitrogens with zero attached hydrogens (tertiary/aromatic N) is 2. The summed E-state index contributed by atoms with van der Waals surface area (Å²) in [5.41, 5.74) is 7.82. The number of nitrogens with two attached hydrogens (primary N) is 1. The monoisotopic (exact) mass is 270 g/mol. The Morgan fingerprint density at radius 2 is 2.11 bits per heavy atom. The number of rotatable bonds is 10. The number of nitrogen functional groups attached to an aromatic ring is 1. The van der Waals surface area contributed by atoms with Crippen LogP contribution >= 0.6 is 0 Å². The van der Waals surface area contributed by atoms with E-state index in [1.54, 1.807) is 7.11 Å². The summed E-state index contributed by atoms with van der Waals surface area (Å²) in [4.78, 5) is 0. The maximum atomic E-state index is 6.08. The van der Waals surface area contributed by atoms with Gasteiger partial charge in [-0.2, -0.15) is 5.10 Å². The second kappa shape index (κ2) is 8.77. The van der Waals surface area contributed by atoms with Gasteiger partial charge in [0.1, 0.15) is 5.82 Å². The minimum atomic E-state index is 0.641. The van der Waals surface area contributed by atoms with Crippen molar-refractivity contribution in [2.45, 2.75) is 26.2 Å². The molecular weight excluding hydrogens is 244 g/mol. The largest absolute Gasteiger partial charge is 0.394 e. The maximum Gasteiger partial charge on any atom is 0.147 e. The Morgan fingerprint density at radius 3 is 2.79 bits per heavy atom. The van der Waals surface area contributed by atoms with Gasteiger partial charge in [0, 0.05) is 27.3 Å². The molecule has 110 valence electrons. The zero-order valence-corrected chi connectivity index (χ0v) is 12.2. The van der Waals surface area contributed by atoms with E-state index in [1.165, 1.54) is 0 Å². The summed E-state index contributed by atoms with van der Waals surface area (Å²) >= 11 is 0. The van der Waals surface area contributed by atoms with Crippen molar-refractivity contribution >= 4 is 11.5 Å². The van der Waals surface area contributed by atoms with E-state index in [9.17, 15) is 0 Å². The first kappa shape index (κ1) is 15.8. The van der Waals surface area contributed by atoms with Crippen LogP contribution in [0, 0.1) is 0 Å². The molecule has 3 N–H and O–H groups in total. The lowest BCUT2D eigenvalue weighted by molar-refractivity contribution is 0.0705. The third-order valence-electron chi connectivity index (χ3n) is 2.84. The Hall–Kier alpha value is -1.27. The first-order valence-electron chi connectivity index (χ1n) is 6.82. The highest BCUT2D eigenvalue weighted by molar-refractivity contribution is 5.64. The van der Waals surface area contributed by atoms with E-state index in [1.807, 2.05) is 11.7 Å². The van der Waals surface area contributed by atoms with Gasteiger partial charge in [0.25, 0.3) is 0 Å². The third kappa shape index (κ3) is 5.08. The summed E-state index contributed by atoms with van der Waals surface area (Å²) < 4.78 is 12.1. The molecule has 0 radical (unpaired) electrons. The molecule has 6 heteroatoms. The van der Waals surface area contributed by atoms with Gasteiger partial charge in [-0.15, -0.1) is 0 Å². The van der Waals surface area contributed by atoms with Crippen molar-refractivity contribution in [2.75, 3.05) is 44.5 Å². The molecular formula is C13H26N4O2. The van der Waals surface area contributed by atoms with Crippen molar-refractivity contribution in [3.63, 3.8) is 0 Å². The molecule has 0 aliphatic carbocycles. The second-order valence-corrected chi connectivity index (χ2v) is 4.47. The fraction of sp³-hybridized carbons (Fsp3) is 0.769. The van der Waals surface area contributed by atoms with E-state index in [2.05, 4.69) is 17.3 Å². The van der Waals surface area contributed by atoms with Crippen LogP contribution in [0.25, 0.3) is 0 Å². The van der Waals surface area contributed by atoms with Crippen LogP contribution in [0.4, 0.5) is 11.5 Å². The standard InChI is InChI=1S/C13H26N4O2/c1-4-6-11-12(14)13(17(2)16-11)15-7-5-8-19-10-9-18-3/h15H,4-10,14H2,1-3H3. The summed E-state index contributed by atoms with van der Waals surface area (Å²) in [6, 6.07) is 0. The van der Waals surface area contributed by atoms with Crippen molar-refractivity contribution < 1.29 is 9.47 Å². The summed E-state index contributed by atoms with van der Waals surface area (Å²) in [6.45, 7) is 4.95. The lowest BCUT2D eigenvalue weighted by Gasteiger charge is -2.08. The number of anilines is 2. The molecule has 1 rings (SSSR count). The van der Waals surface area contributed by atoms with Gasteiger partial charge < -0.3 is 20.5 Å². The molecule has 0 spiro atoms. The number of aromatic nitrogens is 2. The maximum absolute atomic E-state index is 6.08. The van der Waals surface area contributed by atoms with Crippen LogP contribution in [-0.4, -0.2) is 43.3 Å². The van der Waals surface area contributed by atoms with E-state index in [-0.39, 0.29) is 0 Å². The highest BCUT2D eigenvalue weighted by atomic mass is 16.5. The van der Waals surface area contributed by atoms with Crippen LogP contribution in [0.2, 0.25) is 0 Å². The molecule has 0 aliphatic rings. The van der Waals surface area contributed by atoms with Crippen molar-refractivity contribution in [3.8, 4) is 0 Å². The lowest BCUT2D eigenvalue weighted by Crippen LogP contribution is -2.11. The van der Waals surface area contributed by atoms with Gasteiger partial charge in [0.15, 0.2) is 0 Å². The van der Waals surface area contributed by atoms with Crippen LogP contribution in [0.5, 0.6) is 0 Å². The Balaban J connectivity index is 2.29. The number of hydrogen-bond donors (Lipinski definition) is 2. The Labute approximate surface area is 115 Å². The number of ether oxygens (including phenoxy) is 2. The number of aryl methyl sites for hydroxylation is 2. The smallest absolute Gasteiger partial charge is 0.147 e. The van der Waals surface area contributed by atoms with Gasteiger partial charge in [0.05, 0.1) is 24.6 Å². The normalized spacial score (nSPS) is 10.9. The molecule has 1 aromatic rings. The van der Waals surface area contributed by atoms with E-state index in [0.29, 0.717) is 13.2 Å². The van der Waals surface area contributed by atoms with Crippen LogP contribution in [0.1, 0.15) is 25.5 Å². The zero-order chi connectivity index (χ0) is 14.1. The van der Waals surface area contributed by atoms with E-state index in [0.717, 1.165) is 49.6 Å². The zero-order valence-electron chi connectivity index (χ0n) is 12.2. The van der Waals surface area contributed by atoms with E-state index in [4.69, 9.17) is 15.2 Å². The highest BCUT2D eigenvalue weighted by Crippen LogP contribution is 2.22. The molecule has 0 atom stereocenters. The average Bonchev–Trinajstić information content (AvgIpc) is 2.65. The Morgan fingerprint density at radius 1 is 1.32 bits per heavy atom. The summed E-state index contributed by atoms with van der Waals surface area (Å²) in [5, 5.41) is 7.74. The predicted octanol–water partition coefficient (Wildman–Crippen LogP) is 1.42. The summed E-state index contributed by atoms with van der Waals surface area (Å²) in [7, 11) is 3.58. The van der Waals surface area contributed by atoms with Gasteiger partial charge >= 0.3 is 0 Å². The Kier molecular flexibility index (Phi) is 7.28. The van der Waals surface area contributed by atoms with Gasteiger partial charge in [0.2, 0.25) is 0 Å². The predicted molar refractivity (Wildman–Crippen MR) is 77.4 cm³/mol. The molecule has 0 aromatic carbocycles. The molecule has 19 heavy (non-hydrogen) atoms. The minimum Gasteiger partial charge on any atom is -0.394 e. The molecule has 0 saturated carbocycles. The van der Waals surface area contributed by atoms with Crippen LogP contribution in [0.15, 0.2) is 0 Å². The molecule has 6 nitrogen and oxygen atoms in total. The van der Waals surface area contributed by atoms with Crippen molar-refractivity contribution in [1.82, 2.24) is 9.78 Å². The third-order valence-corrected chi connectivity index (χ3v) is 2.84. The van der Waals surface area contributed by atoms with Crippen molar-refractivity contribution in [1.29, 1.82) is 0 Å². The van der Waals surface area contributed by atoms with E-state index < -0.39 is 0 Å². The number of nitrogens with one attached hydrogen (secondary N) is 1. The van der Waals surface area contributed by atoms with Crippen LogP contribution in [-0.2, 0) is 22.9 Å². The molecule has 1 aromatic heterocycles. The van der Waals surface area contributed by atoms with Gasteiger partial charge in [-0.1, -0.05) is 13.3 Å². The molecule has 0 fully saturated rings. The Bertz CT molecular complexity index is 366. The summed E-state index contributed by atoms with van der Waals surface area (Å²) in [6.07, 6.45) is 2.90. The fourth-order valence-electron chi connectivity index (χ4n) is 1.85. The van der Waals surface area contributed by atoms with E-state index >= 15 is 0 Å². The topological polar surface area (TPSA) is 74.3 Å². The average molecular weight is 270 g/mol. The number of methoxy groups -OCH3 is 1. The van der Waals surface area contributed by atoms with Crippen LogP contribution in [0.3, 0.4) is 0 Å². The van der Waals surface area contributed by atoms with Gasteiger partial charge in [-0.25, -0.2) is 0 Å². The van der Waals surface area contributed by atoms with Crippen LogP contribution < -0.4 is 11.1 Å². The van der Waals surface area contributed by atoms with Crippen molar-refractivity contribution in [3.05, 3.63) is 5.69 Å². The van der Waals surface area contributed by atoms with Crippen molar-refractivity contribution in [2.24, 2.45) is 7.05 Å². The summed E-state index contributed by atoms with van der Waals surface area (Å²) in [5.74, 6) is 0.903. The molecule has 0 bridgehead atoms. The minimum absolute atomic E-state index is 0.641. The number of hydrogen-bond acceptors (Lipinski definition) is 5. The first-order chi connectivity index (χ1) is 9.20. The molecule has 0 unspecified atom stereocenters. The lowest BCUT2D eigenvalue weighted by atomic mass is 10.2. The fourth-order valence-corrected chi connectivity index (χ4v) is 1.85. The van der Waals surface area contributed by atoms with Gasteiger partial charge in [-0.3, -0.25) is 4.68 Å². The quantitative estimate of drug-likeness (QED) is 0.629. The first-order valence-corrected chi connectivity index (χ1v) is 6.82. The molecule has 0 aliphatic heterocycles. The van der Waals surface area contributed by atoms with Gasteiger partial charge in [-0.05, 0) is 12.8 Å². The SMILES string of the molecule is CCCc1nn(C)c(NCCCOCCOC)c1N. The molecule has 1 heterocycles. The molecule has 0 saturated heterocycles.